The largest absolute Gasteiger partial charge is 0.463 e. The Kier molecular flexibility index (Phi) is 6.60. The number of halogens is 1. The van der Waals surface area contributed by atoms with Gasteiger partial charge in [-0.2, -0.15) is 0 Å². The van der Waals surface area contributed by atoms with Crippen molar-refractivity contribution >= 4 is 28.1 Å². The molecule has 5 nitrogen and oxygen atoms in total. The first-order valence-corrected chi connectivity index (χ1v) is 9.21. The van der Waals surface area contributed by atoms with E-state index in [1.165, 1.54) is 0 Å². The van der Waals surface area contributed by atoms with Crippen molar-refractivity contribution in [2.75, 3.05) is 20.7 Å². The minimum Gasteiger partial charge on any atom is -0.463 e. The predicted molar refractivity (Wildman–Crippen MR) is 100 cm³/mol. The standard InChI is InChI=1S/C17H29ClN2O3Si/c1-8-22-14(21)17(23-24,20(6)7)16(5,15(2,3)4)12-10-9-11-19-13(12)18/h9-11H,8H2,1-7,24H3. The molecule has 0 amide bonds. The Labute approximate surface area is 153 Å². The molecule has 2 atom stereocenters. The molecule has 0 aliphatic heterocycles. The maximum absolute atomic E-state index is 13.1. The van der Waals surface area contributed by atoms with Crippen LogP contribution in [0.25, 0.3) is 0 Å². The zero-order valence-corrected chi connectivity index (χ0v) is 18.7. The van der Waals surface area contributed by atoms with E-state index in [1.54, 1.807) is 18.0 Å². The number of likely N-dealkylation sites (N-methyl/N-ethyl adjacent to an activating group) is 1. The van der Waals surface area contributed by atoms with E-state index in [-0.39, 0.29) is 12.0 Å². The van der Waals surface area contributed by atoms with E-state index in [2.05, 4.69) is 25.8 Å². The molecular formula is C17H29ClN2O3Si. The molecular weight excluding hydrogens is 344 g/mol. The van der Waals surface area contributed by atoms with Crippen molar-refractivity contribution in [3.63, 3.8) is 0 Å². The van der Waals surface area contributed by atoms with E-state index in [4.69, 9.17) is 20.8 Å². The summed E-state index contributed by atoms with van der Waals surface area (Å²) in [6.45, 7) is 10.2. The zero-order chi connectivity index (χ0) is 18.8. The molecule has 1 heterocycles. The van der Waals surface area contributed by atoms with Crippen molar-refractivity contribution in [3.05, 3.63) is 29.0 Å². The van der Waals surface area contributed by atoms with Crippen molar-refractivity contribution in [3.8, 4) is 0 Å². The van der Waals surface area contributed by atoms with E-state index in [0.29, 0.717) is 15.6 Å². The number of rotatable bonds is 6. The molecule has 0 bridgehead atoms. The lowest BCUT2D eigenvalue weighted by atomic mass is 9.58. The summed E-state index contributed by atoms with van der Waals surface area (Å²) in [6, 6.07) is 3.72. The van der Waals surface area contributed by atoms with Crippen molar-refractivity contribution in [1.82, 2.24) is 9.88 Å². The average Bonchev–Trinajstić information content (AvgIpc) is 2.47. The summed E-state index contributed by atoms with van der Waals surface area (Å²) in [7, 11) is 4.00. The van der Waals surface area contributed by atoms with Gasteiger partial charge in [-0.15, -0.1) is 0 Å². The van der Waals surface area contributed by atoms with Crippen molar-refractivity contribution < 1.29 is 14.0 Å². The lowest BCUT2D eigenvalue weighted by molar-refractivity contribution is -0.201. The van der Waals surface area contributed by atoms with Crippen molar-refractivity contribution in [2.45, 2.75) is 45.8 Å². The molecule has 1 aromatic heterocycles. The van der Waals surface area contributed by atoms with Gasteiger partial charge in [0.1, 0.15) is 15.6 Å². The summed E-state index contributed by atoms with van der Waals surface area (Å²) in [5.74, 6) is -0.414. The molecule has 0 saturated heterocycles. The van der Waals surface area contributed by atoms with Crippen LogP contribution in [-0.4, -0.2) is 52.8 Å². The third-order valence-electron chi connectivity index (χ3n) is 4.95. The highest BCUT2D eigenvalue weighted by Gasteiger charge is 2.63. The van der Waals surface area contributed by atoms with Crippen LogP contribution in [0.3, 0.4) is 0 Å². The van der Waals surface area contributed by atoms with Gasteiger partial charge in [-0.25, -0.2) is 9.78 Å². The average molecular weight is 373 g/mol. The van der Waals surface area contributed by atoms with E-state index >= 15 is 0 Å². The molecule has 1 rings (SSSR count). The first-order valence-electron chi connectivity index (χ1n) is 8.01. The summed E-state index contributed by atoms with van der Waals surface area (Å²) in [5, 5.41) is 0.365. The van der Waals surface area contributed by atoms with Gasteiger partial charge in [-0.1, -0.05) is 45.4 Å². The molecule has 0 aliphatic carbocycles. The lowest BCUT2D eigenvalue weighted by Gasteiger charge is -2.55. The molecule has 0 saturated carbocycles. The molecule has 0 spiro atoms. The summed E-state index contributed by atoms with van der Waals surface area (Å²) < 4.78 is 11.4. The Bertz CT molecular complexity index is 591. The number of carbonyl (C=O) groups excluding carboxylic acids is 1. The van der Waals surface area contributed by atoms with Crippen LogP contribution in [0.15, 0.2) is 18.3 Å². The molecule has 136 valence electrons. The fourth-order valence-corrected chi connectivity index (χ4v) is 4.64. The van der Waals surface area contributed by atoms with E-state index < -0.39 is 17.1 Å². The number of nitrogens with zero attached hydrogens (tertiary/aromatic N) is 2. The molecule has 0 N–H and O–H groups in total. The summed E-state index contributed by atoms with van der Waals surface area (Å²) >= 11 is 6.44. The van der Waals surface area contributed by atoms with Crippen LogP contribution in [-0.2, 0) is 19.4 Å². The highest BCUT2D eigenvalue weighted by molar-refractivity contribution is 6.30. The van der Waals surface area contributed by atoms with Crippen molar-refractivity contribution in [2.24, 2.45) is 5.41 Å². The van der Waals surface area contributed by atoms with Crippen molar-refractivity contribution in [1.29, 1.82) is 0 Å². The Morgan fingerprint density at radius 2 is 1.92 bits per heavy atom. The molecule has 7 heteroatoms. The maximum atomic E-state index is 13.1. The topological polar surface area (TPSA) is 51.7 Å². The smallest absolute Gasteiger partial charge is 0.354 e. The Hall–Kier alpha value is -0.953. The SMILES string of the molecule is CCOC(=O)C(O[SiH3])(N(C)C)C(C)(c1cccnc1Cl)C(C)(C)C. The van der Waals surface area contributed by atoms with Crippen LogP contribution >= 0.6 is 11.6 Å². The van der Waals surface area contributed by atoms with Gasteiger partial charge in [-0.05, 0) is 32.5 Å². The first kappa shape index (κ1) is 21.1. The zero-order valence-electron chi connectivity index (χ0n) is 15.9. The van der Waals surface area contributed by atoms with Crippen LogP contribution in [0.5, 0.6) is 0 Å². The van der Waals surface area contributed by atoms with Gasteiger partial charge in [0.25, 0.3) is 0 Å². The Morgan fingerprint density at radius 3 is 2.29 bits per heavy atom. The Balaban J connectivity index is 3.86. The summed E-state index contributed by atoms with van der Waals surface area (Å²) in [5.41, 5.74) is -1.72. The van der Waals surface area contributed by atoms with E-state index in [9.17, 15) is 4.79 Å². The van der Waals surface area contributed by atoms with Gasteiger partial charge in [-0.3, -0.25) is 4.90 Å². The fourth-order valence-electron chi connectivity index (χ4n) is 3.39. The van der Waals surface area contributed by atoms with E-state index in [0.717, 1.165) is 5.56 Å². The first-order chi connectivity index (χ1) is 11.0. The number of esters is 1. The van der Waals surface area contributed by atoms with Crippen LogP contribution in [0.2, 0.25) is 5.15 Å². The minimum absolute atomic E-state index is 0.278. The van der Waals surface area contributed by atoms with Crippen LogP contribution in [0, 0.1) is 5.41 Å². The predicted octanol–water partition coefficient (Wildman–Crippen LogP) is 2.16. The maximum Gasteiger partial charge on any atom is 0.354 e. The number of pyridine rings is 1. The Morgan fingerprint density at radius 1 is 1.33 bits per heavy atom. The molecule has 0 fully saturated rings. The summed E-state index contributed by atoms with van der Waals surface area (Å²) in [6.07, 6.45) is 1.64. The minimum atomic E-state index is -1.31. The number of aromatic nitrogens is 1. The third-order valence-corrected chi connectivity index (χ3v) is 5.84. The molecule has 0 radical (unpaired) electrons. The quantitative estimate of drug-likeness (QED) is 0.331. The number of hydrogen-bond donors (Lipinski definition) is 0. The van der Waals surface area contributed by atoms with Crippen LogP contribution < -0.4 is 0 Å². The molecule has 2 unspecified atom stereocenters. The highest BCUT2D eigenvalue weighted by Crippen LogP contribution is 2.53. The molecule has 24 heavy (non-hydrogen) atoms. The molecule has 0 aliphatic rings. The van der Waals surface area contributed by atoms with Gasteiger partial charge < -0.3 is 9.16 Å². The highest BCUT2D eigenvalue weighted by atomic mass is 35.5. The molecule has 1 aromatic rings. The monoisotopic (exact) mass is 372 g/mol. The van der Waals surface area contributed by atoms with Crippen LogP contribution in [0.4, 0.5) is 0 Å². The lowest BCUT2D eigenvalue weighted by Crippen LogP contribution is -2.70. The summed E-state index contributed by atoms with van der Waals surface area (Å²) in [4.78, 5) is 19.1. The number of ether oxygens (including phenoxy) is 1. The fraction of sp³-hybridized carbons (Fsp3) is 0.647. The van der Waals surface area contributed by atoms with Gasteiger partial charge >= 0.3 is 5.97 Å². The van der Waals surface area contributed by atoms with Gasteiger partial charge in [0.2, 0.25) is 5.72 Å². The second-order valence-corrected chi connectivity index (χ2v) is 7.95. The molecule has 0 aromatic carbocycles. The number of carbonyl (C=O) groups is 1. The third kappa shape index (κ3) is 3.12. The van der Waals surface area contributed by atoms with Crippen LogP contribution in [0.1, 0.15) is 40.2 Å². The van der Waals surface area contributed by atoms with Gasteiger partial charge in [0.15, 0.2) is 0 Å². The van der Waals surface area contributed by atoms with Gasteiger partial charge in [0.05, 0.1) is 12.0 Å². The normalized spacial score (nSPS) is 17.4. The van der Waals surface area contributed by atoms with E-state index in [1.807, 2.05) is 33.2 Å². The second kappa shape index (κ2) is 7.52. The second-order valence-electron chi connectivity index (χ2n) is 7.18. The number of hydrogen-bond acceptors (Lipinski definition) is 5. The van der Waals surface area contributed by atoms with Gasteiger partial charge in [0, 0.05) is 11.8 Å².